The molecule has 7 nitrogen and oxygen atoms in total. The van der Waals surface area contributed by atoms with E-state index in [0.29, 0.717) is 38.7 Å². The number of hydrogen-bond donors (Lipinski definition) is 0. The Morgan fingerprint density at radius 1 is 1.00 bits per heavy atom. The lowest BCUT2D eigenvalue weighted by molar-refractivity contribution is -0.186. The summed E-state index contributed by atoms with van der Waals surface area (Å²) in [4.78, 5) is 24.2. The molecule has 0 saturated carbocycles. The first kappa shape index (κ1) is 25.5. The number of carbonyl (C=O) groups is 2. The van der Waals surface area contributed by atoms with E-state index in [4.69, 9.17) is 4.74 Å². The molecule has 184 valence electrons. The van der Waals surface area contributed by atoms with Crippen molar-refractivity contribution in [2.75, 3.05) is 32.8 Å². The highest BCUT2D eigenvalue weighted by atomic mass is 32.2. The number of piperidine rings is 2. The van der Waals surface area contributed by atoms with E-state index in [0.717, 1.165) is 10.5 Å². The monoisotopic (exact) mass is 490 g/mol. The van der Waals surface area contributed by atoms with Crippen molar-refractivity contribution < 1.29 is 35.9 Å². The van der Waals surface area contributed by atoms with Gasteiger partial charge in [-0.05, 0) is 62.6 Å². The number of esters is 1. The van der Waals surface area contributed by atoms with Crippen LogP contribution in [0.3, 0.4) is 0 Å². The fraction of sp³-hybridized carbons (Fsp3) is 0.636. The summed E-state index contributed by atoms with van der Waals surface area (Å²) >= 11 is 0. The standard InChI is InChI=1S/C22H29F3N2O5S/c1-2-32-20(28)18-9-13-27(14-10-18)33(30,31)19-5-3-16(4-6-19)15-17-7-11-26(12-8-17)21(29)22(23,24)25/h3-6,17-18H,2,7-15H2,1H3. The molecule has 2 aliphatic heterocycles. The van der Waals surface area contributed by atoms with Crippen LogP contribution in [0.25, 0.3) is 0 Å². The largest absolute Gasteiger partial charge is 0.471 e. The second-order valence-corrected chi connectivity index (χ2v) is 10.4. The molecule has 3 rings (SSSR count). The molecule has 1 aromatic carbocycles. The van der Waals surface area contributed by atoms with Crippen molar-refractivity contribution in [2.24, 2.45) is 11.8 Å². The minimum Gasteiger partial charge on any atom is -0.466 e. The summed E-state index contributed by atoms with van der Waals surface area (Å²) in [6.07, 6.45) is -2.45. The summed E-state index contributed by atoms with van der Waals surface area (Å²) in [6.45, 7) is 2.67. The number of nitrogens with zero attached hydrogens (tertiary/aromatic N) is 2. The van der Waals surface area contributed by atoms with Crippen LogP contribution in [0.15, 0.2) is 29.2 Å². The maximum absolute atomic E-state index is 13.0. The van der Waals surface area contributed by atoms with Gasteiger partial charge in [-0.15, -0.1) is 0 Å². The molecule has 11 heteroatoms. The second kappa shape index (κ2) is 10.4. The molecule has 33 heavy (non-hydrogen) atoms. The fourth-order valence-corrected chi connectivity index (χ4v) is 5.86. The number of ether oxygens (including phenoxy) is 1. The van der Waals surface area contributed by atoms with E-state index in [1.54, 1.807) is 31.2 Å². The fourth-order valence-electron chi connectivity index (χ4n) is 4.39. The van der Waals surface area contributed by atoms with Crippen LogP contribution >= 0.6 is 0 Å². The maximum Gasteiger partial charge on any atom is 0.471 e. The topological polar surface area (TPSA) is 84.0 Å². The molecule has 0 bridgehead atoms. The van der Waals surface area contributed by atoms with Crippen molar-refractivity contribution in [2.45, 2.75) is 50.1 Å². The summed E-state index contributed by atoms with van der Waals surface area (Å²) in [5, 5.41) is 0. The van der Waals surface area contributed by atoms with E-state index in [2.05, 4.69) is 0 Å². The van der Waals surface area contributed by atoms with Gasteiger partial charge in [0.15, 0.2) is 0 Å². The summed E-state index contributed by atoms with van der Waals surface area (Å²) in [7, 11) is -3.67. The normalized spacial score (nSPS) is 19.5. The summed E-state index contributed by atoms with van der Waals surface area (Å²) < 4.78 is 70.0. The van der Waals surface area contributed by atoms with Gasteiger partial charge in [-0.25, -0.2) is 8.42 Å². The second-order valence-electron chi connectivity index (χ2n) is 8.51. The van der Waals surface area contributed by atoms with Crippen LogP contribution in [0.2, 0.25) is 0 Å². The molecular weight excluding hydrogens is 461 g/mol. The lowest BCUT2D eigenvalue weighted by Crippen LogP contribution is -2.45. The average Bonchev–Trinajstić information content (AvgIpc) is 2.79. The van der Waals surface area contributed by atoms with Gasteiger partial charge in [0.2, 0.25) is 10.0 Å². The number of benzene rings is 1. The van der Waals surface area contributed by atoms with E-state index >= 15 is 0 Å². The number of rotatable bonds is 6. The first-order chi connectivity index (χ1) is 15.5. The molecule has 2 heterocycles. The number of hydrogen-bond acceptors (Lipinski definition) is 5. The predicted molar refractivity (Wildman–Crippen MR) is 114 cm³/mol. The Bertz CT molecular complexity index is 934. The third-order valence-electron chi connectivity index (χ3n) is 6.30. The molecule has 0 aliphatic carbocycles. The van der Waals surface area contributed by atoms with Gasteiger partial charge in [0.25, 0.3) is 0 Å². The number of carbonyl (C=O) groups excluding carboxylic acids is 2. The zero-order valence-electron chi connectivity index (χ0n) is 18.5. The highest BCUT2D eigenvalue weighted by molar-refractivity contribution is 7.89. The SMILES string of the molecule is CCOC(=O)C1CCN(S(=O)(=O)c2ccc(CC3CCN(C(=O)C(F)(F)F)CC3)cc2)CC1. The molecule has 2 fully saturated rings. The van der Waals surface area contributed by atoms with E-state index in [-0.39, 0.29) is 48.9 Å². The van der Waals surface area contributed by atoms with E-state index in [1.807, 2.05) is 0 Å². The Balaban J connectivity index is 1.53. The van der Waals surface area contributed by atoms with Crippen LogP contribution in [-0.4, -0.2) is 68.5 Å². The average molecular weight is 491 g/mol. The van der Waals surface area contributed by atoms with Gasteiger partial charge >= 0.3 is 18.1 Å². The summed E-state index contributed by atoms with van der Waals surface area (Å²) in [5.74, 6) is -2.22. The highest BCUT2D eigenvalue weighted by Gasteiger charge is 2.43. The van der Waals surface area contributed by atoms with Crippen LogP contribution in [0.4, 0.5) is 13.2 Å². The zero-order valence-corrected chi connectivity index (χ0v) is 19.3. The van der Waals surface area contributed by atoms with Crippen LogP contribution in [-0.2, 0) is 30.8 Å². The van der Waals surface area contributed by atoms with E-state index in [9.17, 15) is 31.2 Å². The van der Waals surface area contributed by atoms with Crippen molar-refractivity contribution in [1.82, 2.24) is 9.21 Å². The zero-order chi connectivity index (χ0) is 24.2. The van der Waals surface area contributed by atoms with Crippen molar-refractivity contribution in [3.05, 3.63) is 29.8 Å². The van der Waals surface area contributed by atoms with Crippen LogP contribution in [0.5, 0.6) is 0 Å². The summed E-state index contributed by atoms with van der Waals surface area (Å²) in [6, 6.07) is 6.55. The molecule has 2 aliphatic rings. The Labute approximate surface area is 191 Å². The number of likely N-dealkylation sites (tertiary alicyclic amines) is 1. The Kier molecular flexibility index (Phi) is 8.04. The van der Waals surface area contributed by atoms with Gasteiger partial charge in [0.1, 0.15) is 0 Å². The van der Waals surface area contributed by atoms with Crippen molar-refractivity contribution in [1.29, 1.82) is 0 Å². The molecule has 0 aromatic heterocycles. The van der Waals surface area contributed by atoms with Gasteiger partial charge in [-0.3, -0.25) is 9.59 Å². The van der Waals surface area contributed by atoms with Crippen LogP contribution < -0.4 is 0 Å². The highest BCUT2D eigenvalue weighted by Crippen LogP contribution is 2.28. The van der Waals surface area contributed by atoms with Crippen LogP contribution in [0, 0.1) is 11.8 Å². The Morgan fingerprint density at radius 3 is 2.09 bits per heavy atom. The maximum atomic E-state index is 13.0. The van der Waals surface area contributed by atoms with E-state index < -0.39 is 22.1 Å². The molecule has 0 radical (unpaired) electrons. The van der Waals surface area contributed by atoms with Gasteiger partial charge < -0.3 is 9.64 Å². The smallest absolute Gasteiger partial charge is 0.466 e. The molecular formula is C22H29F3N2O5S. The molecule has 2 saturated heterocycles. The first-order valence-corrected chi connectivity index (χ1v) is 12.6. The molecule has 0 atom stereocenters. The van der Waals surface area contributed by atoms with Gasteiger partial charge in [0, 0.05) is 26.2 Å². The third kappa shape index (κ3) is 6.26. The Hall–Kier alpha value is -2.14. The number of sulfonamides is 1. The van der Waals surface area contributed by atoms with Crippen molar-refractivity contribution >= 4 is 21.9 Å². The van der Waals surface area contributed by atoms with Gasteiger partial charge in [0.05, 0.1) is 17.4 Å². The molecule has 0 spiro atoms. The van der Waals surface area contributed by atoms with Gasteiger partial charge in [-0.1, -0.05) is 12.1 Å². The molecule has 1 amide bonds. The molecule has 0 unspecified atom stereocenters. The van der Waals surface area contributed by atoms with Gasteiger partial charge in [-0.2, -0.15) is 17.5 Å². The quantitative estimate of drug-likeness (QED) is 0.573. The molecule has 1 aromatic rings. The Morgan fingerprint density at radius 2 is 1.58 bits per heavy atom. The van der Waals surface area contributed by atoms with Crippen molar-refractivity contribution in [3.63, 3.8) is 0 Å². The van der Waals surface area contributed by atoms with E-state index in [1.165, 1.54) is 4.31 Å². The minimum atomic E-state index is -4.84. The number of alkyl halides is 3. The number of amides is 1. The van der Waals surface area contributed by atoms with Crippen molar-refractivity contribution in [3.8, 4) is 0 Å². The minimum absolute atomic E-state index is 0.0667. The lowest BCUT2D eigenvalue weighted by atomic mass is 9.90. The third-order valence-corrected chi connectivity index (χ3v) is 8.22. The lowest BCUT2D eigenvalue weighted by Gasteiger charge is -2.32. The summed E-state index contributed by atoms with van der Waals surface area (Å²) in [5.41, 5.74) is 0.899. The van der Waals surface area contributed by atoms with Crippen LogP contribution in [0.1, 0.15) is 38.2 Å². The first-order valence-electron chi connectivity index (χ1n) is 11.1. The molecule has 0 N–H and O–H groups in total. The number of halogens is 3. The predicted octanol–water partition coefficient (Wildman–Crippen LogP) is 2.99.